The van der Waals surface area contributed by atoms with Gasteiger partial charge in [0.05, 0.1) is 17.1 Å². The number of furan rings is 2. The first-order valence-electron chi connectivity index (χ1n) is 18.3. The Kier molecular flexibility index (Phi) is 6.25. The van der Waals surface area contributed by atoms with E-state index in [1.807, 2.05) is 12.1 Å². The van der Waals surface area contributed by atoms with E-state index in [1.54, 1.807) is 0 Å². The van der Waals surface area contributed by atoms with Crippen LogP contribution in [0.3, 0.4) is 0 Å². The minimum absolute atomic E-state index is 0.337. The molecule has 1 aliphatic heterocycles. The molecule has 0 amide bonds. The fourth-order valence-corrected chi connectivity index (χ4v) is 8.97. The van der Waals surface area contributed by atoms with E-state index in [9.17, 15) is 0 Å². The van der Waals surface area contributed by atoms with Gasteiger partial charge in [0.15, 0.2) is 0 Å². The summed E-state index contributed by atoms with van der Waals surface area (Å²) in [6.07, 6.45) is 0. The summed E-state index contributed by atoms with van der Waals surface area (Å²) in [6.45, 7) is 4.74. The topological polar surface area (TPSA) is 29.5 Å². The quantitative estimate of drug-likeness (QED) is 0.174. The summed E-state index contributed by atoms with van der Waals surface area (Å²) in [4.78, 5) is 2.49. The lowest BCUT2D eigenvalue weighted by molar-refractivity contribution is 0.632. The molecule has 0 bridgehead atoms. The van der Waals surface area contributed by atoms with Crippen LogP contribution in [0.15, 0.2) is 167 Å². The fraction of sp³-hybridized carbons (Fsp3) is 0.0612. The van der Waals surface area contributed by atoms with Crippen LogP contribution in [0.25, 0.3) is 76.9 Å². The van der Waals surface area contributed by atoms with Crippen molar-refractivity contribution >= 4 is 85.0 Å². The van der Waals surface area contributed by atoms with E-state index in [1.165, 1.54) is 44.4 Å². The predicted molar refractivity (Wildman–Crippen MR) is 224 cm³/mol. The number of para-hydroxylation sites is 4. The molecular weight excluding hydrogens is 645 g/mol. The molecule has 1 aliphatic rings. The van der Waals surface area contributed by atoms with Crippen LogP contribution < -0.4 is 10.4 Å². The average Bonchev–Trinajstić information content (AvgIpc) is 3.77. The van der Waals surface area contributed by atoms with Crippen molar-refractivity contribution in [2.75, 3.05) is 4.90 Å². The summed E-state index contributed by atoms with van der Waals surface area (Å²) >= 11 is 0. The zero-order chi connectivity index (χ0) is 35.4. The highest BCUT2D eigenvalue weighted by molar-refractivity contribution is 6.40. The van der Waals surface area contributed by atoms with Crippen LogP contribution in [-0.4, -0.2) is 7.85 Å². The first-order chi connectivity index (χ1) is 26.0. The molecular formula is C49H34BNO2. The molecule has 0 saturated heterocycles. The van der Waals surface area contributed by atoms with Gasteiger partial charge < -0.3 is 13.7 Å². The van der Waals surface area contributed by atoms with Gasteiger partial charge in [-0.1, -0.05) is 135 Å². The van der Waals surface area contributed by atoms with Crippen molar-refractivity contribution in [2.45, 2.75) is 19.3 Å². The molecule has 0 spiro atoms. The van der Waals surface area contributed by atoms with Gasteiger partial charge in [0, 0.05) is 38.1 Å². The third kappa shape index (κ3) is 4.30. The Balaban J connectivity index is 1.17. The number of benzene rings is 8. The Morgan fingerprint density at radius 1 is 0.472 bits per heavy atom. The SMILES string of the molecule is Bc1cccc2cccc(N3c4ccc(-c5cccc6c5oc5ccccc56)cc4C(C)(C)c4cc(-c5cccc6c5oc5ccccc56)ccc43)c12. The van der Waals surface area contributed by atoms with Gasteiger partial charge >= 0.3 is 0 Å². The molecule has 0 fully saturated rings. The van der Waals surface area contributed by atoms with E-state index in [0.29, 0.717) is 0 Å². The third-order valence-electron chi connectivity index (χ3n) is 11.6. The lowest BCUT2D eigenvalue weighted by Crippen LogP contribution is -2.31. The van der Waals surface area contributed by atoms with Crippen molar-refractivity contribution in [3.8, 4) is 22.3 Å². The molecule has 0 saturated carbocycles. The lowest BCUT2D eigenvalue weighted by atomic mass is 9.72. The Morgan fingerprint density at radius 3 is 1.53 bits per heavy atom. The molecule has 4 heteroatoms. The smallest absolute Gasteiger partial charge is 0.143 e. The molecule has 8 aromatic carbocycles. The van der Waals surface area contributed by atoms with Crippen molar-refractivity contribution in [1.29, 1.82) is 0 Å². The van der Waals surface area contributed by atoms with Crippen LogP contribution in [0.2, 0.25) is 0 Å². The van der Waals surface area contributed by atoms with Crippen molar-refractivity contribution in [3.63, 3.8) is 0 Å². The first-order valence-corrected chi connectivity index (χ1v) is 18.3. The summed E-state index contributed by atoms with van der Waals surface area (Å²) in [6, 6.07) is 56.9. The first kappa shape index (κ1) is 30.1. The monoisotopic (exact) mass is 679 g/mol. The zero-order valence-electron chi connectivity index (χ0n) is 29.8. The largest absolute Gasteiger partial charge is 0.455 e. The number of hydrogen-bond donors (Lipinski definition) is 0. The standard InChI is InChI=1S/C49H34BNO2/c1-49(2)38-27-30(32-15-9-17-36-34-13-3-5-21-44(34)52-47(32)36)23-25-41(38)51(43-20-8-12-29-11-7-19-40(50)46(29)43)42-26-24-31(28-39(42)49)33-16-10-18-37-35-14-4-6-22-45(35)53-48(33)37/h3-28H,50H2,1-2H3. The summed E-state index contributed by atoms with van der Waals surface area (Å²) in [7, 11) is 2.22. The molecule has 0 N–H and O–H groups in total. The average molecular weight is 680 g/mol. The lowest BCUT2D eigenvalue weighted by Gasteiger charge is -2.43. The third-order valence-corrected chi connectivity index (χ3v) is 11.6. The van der Waals surface area contributed by atoms with Crippen LogP contribution in [-0.2, 0) is 5.41 Å². The van der Waals surface area contributed by atoms with E-state index >= 15 is 0 Å². The second-order valence-corrected chi connectivity index (χ2v) is 14.9. The summed E-state index contributed by atoms with van der Waals surface area (Å²) in [5, 5.41) is 7.05. The summed E-state index contributed by atoms with van der Waals surface area (Å²) in [5.74, 6) is 0. The van der Waals surface area contributed by atoms with Crippen LogP contribution in [0.1, 0.15) is 25.0 Å². The second-order valence-electron chi connectivity index (χ2n) is 14.9. The van der Waals surface area contributed by atoms with Crippen LogP contribution in [0.5, 0.6) is 0 Å². The highest BCUT2D eigenvalue weighted by atomic mass is 16.3. The van der Waals surface area contributed by atoms with Crippen LogP contribution in [0.4, 0.5) is 17.1 Å². The van der Waals surface area contributed by atoms with Crippen molar-refractivity contribution in [2.24, 2.45) is 0 Å². The maximum Gasteiger partial charge on any atom is 0.143 e. The molecule has 53 heavy (non-hydrogen) atoms. The fourth-order valence-electron chi connectivity index (χ4n) is 8.97. The van der Waals surface area contributed by atoms with Gasteiger partial charge in [-0.2, -0.15) is 0 Å². The molecule has 2 aromatic heterocycles. The molecule has 0 atom stereocenters. The normalized spacial score (nSPS) is 13.7. The summed E-state index contributed by atoms with van der Waals surface area (Å²) < 4.78 is 13.1. The van der Waals surface area contributed by atoms with Crippen LogP contribution >= 0.6 is 0 Å². The Labute approximate surface area is 308 Å². The molecule has 3 heterocycles. The van der Waals surface area contributed by atoms with Gasteiger partial charge in [-0.05, 0) is 75.5 Å². The maximum atomic E-state index is 6.54. The van der Waals surface area contributed by atoms with E-state index in [4.69, 9.17) is 8.83 Å². The molecule has 0 aliphatic carbocycles. The van der Waals surface area contributed by atoms with Gasteiger partial charge in [-0.15, -0.1) is 0 Å². The van der Waals surface area contributed by atoms with Gasteiger partial charge in [0.2, 0.25) is 0 Å². The molecule has 11 rings (SSSR count). The Hall–Kier alpha value is -6.52. The van der Waals surface area contributed by atoms with Crippen LogP contribution in [0, 0.1) is 0 Å². The number of anilines is 3. The number of fused-ring (bicyclic) bond motifs is 9. The van der Waals surface area contributed by atoms with Gasteiger partial charge in [-0.25, -0.2) is 0 Å². The van der Waals surface area contributed by atoms with Crippen molar-refractivity contribution in [1.82, 2.24) is 0 Å². The maximum absolute atomic E-state index is 6.54. The molecule has 0 radical (unpaired) electrons. The Bertz CT molecular complexity index is 2960. The van der Waals surface area contributed by atoms with E-state index in [-0.39, 0.29) is 5.41 Å². The highest BCUT2D eigenvalue weighted by Crippen LogP contribution is 2.55. The second kappa shape index (κ2) is 11.0. The highest BCUT2D eigenvalue weighted by Gasteiger charge is 2.38. The van der Waals surface area contributed by atoms with E-state index < -0.39 is 0 Å². The minimum Gasteiger partial charge on any atom is -0.455 e. The van der Waals surface area contributed by atoms with Gasteiger partial charge in [0.1, 0.15) is 30.2 Å². The Morgan fingerprint density at radius 2 is 0.962 bits per heavy atom. The van der Waals surface area contributed by atoms with Crippen molar-refractivity contribution in [3.05, 3.63) is 169 Å². The van der Waals surface area contributed by atoms with Crippen molar-refractivity contribution < 1.29 is 8.83 Å². The number of hydrogen-bond acceptors (Lipinski definition) is 3. The molecule has 0 unspecified atom stereocenters. The minimum atomic E-state index is -0.337. The molecule has 250 valence electrons. The van der Waals surface area contributed by atoms with Gasteiger partial charge in [-0.3, -0.25) is 0 Å². The number of nitrogens with zero attached hydrogens (tertiary/aromatic N) is 1. The summed E-state index contributed by atoms with van der Waals surface area (Å²) in [5.41, 5.74) is 15.1. The van der Waals surface area contributed by atoms with E-state index in [0.717, 1.165) is 66.1 Å². The molecule has 3 nitrogen and oxygen atoms in total. The zero-order valence-corrected chi connectivity index (χ0v) is 29.8. The van der Waals surface area contributed by atoms with Gasteiger partial charge in [0.25, 0.3) is 0 Å². The van der Waals surface area contributed by atoms with E-state index in [2.05, 4.69) is 172 Å². The molecule has 10 aromatic rings. The predicted octanol–water partition coefficient (Wildman–Crippen LogP) is 12.3. The number of rotatable bonds is 3.